The van der Waals surface area contributed by atoms with Crippen molar-refractivity contribution in [1.29, 1.82) is 0 Å². The van der Waals surface area contributed by atoms with Crippen LogP contribution in [0.25, 0.3) is 10.8 Å². The molecule has 5 heteroatoms. The molecule has 2 aromatic rings. The summed E-state index contributed by atoms with van der Waals surface area (Å²) in [6.07, 6.45) is 1.41. The standard InChI is InChI=1S/C10H10BNO3/c1-15-10-8-5-3-2-4-7(8)9(6-12-10)11(13)14/h2-6,13-14H,1H3. The maximum absolute atomic E-state index is 9.16. The lowest BCUT2D eigenvalue weighted by Gasteiger charge is -2.08. The number of benzene rings is 1. The number of fused-ring (bicyclic) bond motifs is 1. The van der Waals surface area contributed by atoms with Gasteiger partial charge in [0, 0.05) is 17.0 Å². The van der Waals surface area contributed by atoms with E-state index in [0.717, 1.165) is 10.8 Å². The quantitative estimate of drug-likeness (QED) is 0.670. The third kappa shape index (κ3) is 1.67. The van der Waals surface area contributed by atoms with Crippen LogP contribution in [0.15, 0.2) is 30.5 Å². The van der Waals surface area contributed by atoms with Crippen molar-refractivity contribution in [3.05, 3.63) is 30.5 Å². The van der Waals surface area contributed by atoms with Gasteiger partial charge in [0.1, 0.15) is 0 Å². The van der Waals surface area contributed by atoms with Crippen LogP contribution < -0.4 is 10.2 Å². The molecule has 2 rings (SSSR count). The zero-order valence-corrected chi connectivity index (χ0v) is 8.21. The Kier molecular flexibility index (Phi) is 2.57. The van der Waals surface area contributed by atoms with Gasteiger partial charge in [-0.2, -0.15) is 0 Å². The van der Waals surface area contributed by atoms with Crippen molar-refractivity contribution in [2.75, 3.05) is 7.11 Å². The van der Waals surface area contributed by atoms with Gasteiger partial charge in [0.25, 0.3) is 0 Å². The van der Waals surface area contributed by atoms with Crippen molar-refractivity contribution in [2.45, 2.75) is 0 Å². The average molecular weight is 203 g/mol. The molecule has 4 nitrogen and oxygen atoms in total. The van der Waals surface area contributed by atoms with E-state index in [0.29, 0.717) is 11.3 Å². The smallest absolute Gasteiger partial charge is 0.481 e. The van der Waals surface area contributed by atoms with Gasteiger partial charge in [0.2, 0.25) is 5.88 Å². The molecule has 0 unspecified atom stereocenters. The van der Waals surface area contributed by atoms with Gasteiger partial charge in [0.05, 0.1) is 7.11 Å². The molecule has 0 saturated carbocycles. The first kappa shape index (κ1) is 9.95. The van der Waals surface area contributed by atoms with E-state index in [-0.39, 0.29) is 0 Å². The minimum atomic E-state index is -1.52. The van der Waals surface area contributed by atoms with Crippen LogP contribution in [0.1, 0.15) is 0 Å². The summed E-state index contributed by atoms with van der Waals surface area (Å²) in [5.74, 6) is 0.481. The van der Waals surface area contributed by atoms with E-state index in [1.54, 1.807) is 6.07 Å². The molecule has 0 amide bonds. The molecule has 1 aromatic carbocycles. The van der Waals surface area contributed by atoms with E-state index in [1.165, 1.54) is 13.3 Å². The molecule has 0 fully saturated rings. The highest BCUT2D eigenvalue weighted by Crippen LogP contribution is 2.20. The molecular formula is C10H10BNO3. The van der Waals surface area contributed by atoms with E-state index in [9.17, 15) is 0 Å². The van der Waals surface area contributed by atoms with E-state index in [2.05, 4.69) is 4.98 Å². The molecule has 15 heavy (non-hydrogen) atoms. The topological polar surface area (TPSA) is 62.6 Å². The number of pyridine rings is 1. The molecule has 0 radical (unpaired) electrons. The second-order valence-corrected chi connectivity index (χ2v) is 3.14. The molecule has 0 aliphatic carbocycles. The van der Waals surface area contributed by atoms with Crippen LogP contribution in [0.3, 0.4) is 0 Å². The molecule has 2 N–H and O–H groups in total. The fourth-order valence-corrected chi connectivity index (χ4v) is 1.56. The summed E-state index contributed by atoms with van der Waals surface area (Å²) in [6.45, 7) is 0. The van der Waals surface area contributed by atoms with Gasteiger partial charge in [-0.1, -0.05) is 18.2 Å². The maximum atomic E-state index is 9.16. The second kappa shape index (κ2) is 3.88. The van der Waals surface area contributed by atoms with Crippen molar-refractivity contribution in [3.63, 3.8) is 0 Å². The minimum Gasteiger partial charge on any atom is -0.481 e. The van der Waals surface area contributed by atoms with Crippen LogP contribution in [-0.4, -0.2) is 29.3 Å². The molecule has 1 heterocycles. The maximum Gasteiger partial charge on any atom is 0.490 e. The number of aromatic nitrogens is 1. The first-order valence-electron chi connectivity index (χ1n) is 4.52. The Hall–Kier alpha value is -1.59. The minimum absolute atomic E-state index is 0.381. The molecule has 0 spiro atoms. The number of ether oxygens (including phenoxy) is 1. The van der Waals surface area contributed by atoms with E-state index < -0.39 is 7.12 Å². The summed E-state index contributed by atoms with van der Waals surface area (Å²) < 4.78 is 5.09. The molecule has 0 saturated heterocycles. The van der Waals surface area contributed by atoms with Gasteiger partial charge in [-0.05, 0) is 11.5 Å². The van der Waals surface area contributed by atoms with E-state index in [4.69, 9.17) is 14.8 Å². The lowest BCUT2D eigenvalue weighted by molar-refractivity contribution is 0.403. The highest BCUT2D eigenvalue weighted by molar-refractivity contribution is 6.61. The Morgan fingerprint density at radius 1 is 1.20 bits per heavy atom. The predicted octanol–water partition coefficient (Wildman–Crippen LogP) is -0.0768. The van der Waals surface area contributed by atoms with Crippen molar-refractivity contribution in [1.82, 2.24) is 4.98 Å². The summed E-state index contributed by atoms with van der Waals surface area (Å²) in [5, 5.41) is 19.8. The first-order chi connectivity index (χ1) is 7.24. The lowest BCUT2D eigenvalue weighted by Crippen LogP contribution is -2.31. The van der Waals surface area contributed by atoms with E-state index >= 15 is 0 Å². The number of methoxy groups -OCH3 is 1. The Morgan fingerprint density at radius 3 is 2.47 bits per heavy atom. The fourth-order valence-electron chi connectivity index (χ4n) is 1.56. The largest absolute Gasteiger partial charge is 0.490 e. The molecule has 0 aliphatic rings. The van der Waals surface area contributed by atoms with Crippen LogP contribution in [0.5, 0.6) is 5.88 Å². The SMILES string of the molecule is COc1ncc(B(O)O)c2ccccc12. The highest BCUT2D eigenvalue weighted by Gasteiger charge is 2.16. The van der Waals surface area contributed by atoms with Crippen molar-refractivity contribution in [2.24, 2.45) is 0 Å². The molecular weight excluding hydrogens is 193 g/mol. The summed E-state index contributed by atoms with van der Waals surface area (Å²) >= 11 is 0. The molecule has 0 aliphatic heterocycles. The summed E-state index contributed by atoms with van der Waals surface area (Å²) in [4.78, 5) is 4.00. The van der Waals surface area contributed by atoms with E-state index in [1.807, 2.05) is 18.2 Å². The van der Waals surface area contributed by atoms with Gasteiger partial charge in [-0.15, -0.1) is 0 Å². The lowest BCUT2D eigenvalue weighted by atomic mass is 9.78. The summed E-state index contributed by atoms with van der Waals surface area (Å²) in [6, 6.07) is 7.30. The molecule has 0 atom stereocenters. The Morgan fingerprint density at radius 2 is 1.87 bits per heavy atom. The van der Waals surface area contributed by atoms with Crippen LogP contribution in [0.4, 0.5) is 0 Å². The van der Waals surface area contributed by atoms with Crippen LogP contribution >= 0.6 is 0 Å². The predicted molar refractivity (Wildman–Crippen MR) is 58.1 cm³/mol. The third-order valence-corrected chi connectivity index (χ3v) is 2.26. The van der Waals surface area contributed by atoms with Crippen molar-refractivity contribution in [3.8, 4) is 5.88 Å². The zero-order valence-electron chi connectivity index (χ0n) is 8.21. The van der Waals surface area contributed by atoms with Gasteiger partial charge in [-0.3, -0.25) is 0 Å². The summed E-state index contributed by atoms with van der Waals surface area (Å²) in [7, 11) is 0.0115. The number of hydrogen-bond acceptors (Lipinski definition) is 4. The average Bonchev–Trinajstić information content (AvgIpc) is 2.27. The van der Waals surface area contributed by atoms with Crippen LogP contribution in [0, 0.1) is 0 Å². The van der Waals surface area contributed by atoms with Crippen molar-refractivity contribution >= 4 is 23.4 Å². The third-order valence-electron chi connectivity index (χ3n) is 2.26. The van der Waals surface area contributed by atoms with Gasteiger partial charge >= 0.3 is 7.12 Å². The number of rotatable bonds is 2. The van der Waals surface area contributed by atoms with Crippen molar-refractivity contribution < 1.29 is 14.8 Å². The second-order valence-electron chi connectivity index (χ2n) is 3.14. The van der Waals surface area contributed by atoms with Crippen LogP contribution in [-0.2, 0) is 0 Å². The zero-order chi connectivity index (χ0) is 10.8. The highest BCUT2D eigenvalue weighted by atomic mass is 16.5. The van der Waals surface area contributed by atoms with Gasteiger partial charge in [-0.25, -0.2) is 4.98 Å². The molecule has 0 bridgehead atoms. The number of hydrogen-bond donors (Lipinski definition) is 2. The van der Waals surface area contributed by atoms with Gasteiger partial charge < -0.3 is 14.8 Å². The normalized spacial score (nSPS) is 10.3. The Bertz CT molecular complexity index is 487. The fraction of sp³-hybridized carbons (Fsp3) is 0.100. The molecule has 76 valence electrons. The number of nitrogens with zero attached hydrogens (tertiary/aromatic N) is 1. The summed E-state index contributed by atoms with van der Waals surface area (Å²) in [5.41, 5.74) is 0.381. The Balaban J connectivity index is 2.77. The molecule has 1 aromatic heterocycles. The monoisotopic (exact) mass is 203 g/mol. The Labute approximate surface area is 87.3 Å². The van der Waals surface area contributed by atoms with Gasteiger partial charge in [0.15, 0.2) is 0 Å². The first-order valence-corrected chi connectivity index (χ1v) is 4.52. The van der Waals surface area contributed by atoms with Crippen LogP contribution in [0.2, 0.25) is 0 Å².